The van der Waals surface area contributed by atoms with Gasteiger partial charge in [0.05, 0.1) is 4.47 Å². The Labute approximate surface area is 122 Å². The molecule has 1 aromatic carbocycles. The van der Waals surface area contributed by atoms with Crippen LogP contribution in [0.3, 0.4) is 0 Å². The van der Waals surface area contributed by atoms with Crippen LogP contribution in [0.4, 0.5) is 5.95 Å². The molecule has 0 aliphatic heterocycles. The van der Waals surface area contributed by atoms with Crippen LogP contribution in [0.1, 0.15) is 5.56 Å². The highest BCUT2D eigenvalue weighted by atomic mass is 79.9. The number of benzene rings is 1. The Morgan fingerprint density at radius 3 is 2.89 bits per heavy atom. The summed E-state index contributed by atoms with van der Waals surface area (Å²) < 4.78 is 0.832. The molecule has 2 aromatic rings. The second kappa shape index (κ2) is 6.38. The lowest BCUT2D eigenvalue weighted by molar-refractivity contribution is 1.01. The number of nitrogens with two attached hydrogens (primary N) is 1. The molecular formula is C11H10BrClN4S. The number of nitrogens with one attached hydrogen (secondary N) is 1. The highest BCUT2D eigenvalue weighted by Crippen LogP contribution is 2.30. The quantitative estimate of drug-likeness (QED) is 0.384. The molecule has 0 radical (unpaired) electrons. The molecule has 0 bridgehead atoms. The van der Waals surface area contributed by atoms with E-state index in [4.69, 9.17) is 17.4 Å². The Morgan fingerprint density at radius 2 is 2.17 bits per heavy atom. The van der Waals surface area contributed by atoms with E-state index in [-0.39, 0.29) is 0 Å². The minimum atomic E-state index is 0.389. The van der Waals surface area contributed by atoms with E-state index in [0.29, 0.717) is 5.95 Å². The Hall–Kier alpha value is -0.820. The van der Waals surface area contributed by atoms with E-state index < -0.39 is 0 Å². The summed E-state index contributed by atoms with van der Waals surface area (Å²) in [5.41, 5.74) is 3.49. The monoisotopic (exact) mass is 344 g/mol. The molecule has 3 N–H and O–H groups in total. The molecule has 0 amide bonds. The summed E-state index contributed by atoms with van der Waals surface area (Å²) in [6, 6.07) is 7.74. The number of thioether (sulfide) groups is 1. The highest BCUT2D eigenvalue weighted by Gasteiger charge is 2.07. The Balaban J connectivity index is 2.13. The van der Waals surface area contributed by atoms with Crippen molar-refractivity contribution in [3.05, 3.63) is 45.5 Å². The Kier molecular flexibility index (Phi) is 4.82. The zero-order chi connectivity index (χ0) is 13.0. The van der Waals surface area contributed by atoms with Crippen molar-refractivity contribution in [1.29, 1.82) is 0 Å². The van der Waals surface area contributed by atoms with Gasteiger partial charge in [0.25, 0.3) is 0 Å². The maximum absolute atomic E-state index is 6.10. The third-order valence-corrected chi connectivity index (χ3v) is 4.41. The van der Waals surface area contributed by atoms with E-state index in [9.17, 15) is 0 Å². The smallest absolute Gasteiger partial charge is 0.238 e. The van der Waals surface area contributed by atoms with Crippen LogP contribution in [-0.2, 0) is 5.75 Å². The average Bonchev–Trinajstić information content (AvgIpc) is 2.39. The molecule has 18 heavy (non-hydrogen) atoms. The van der Waals surface area contributed by atoms with E-state index in [1.165, 1.54) is 0 Å². The Morgan fingerprint density at radius 1 is 1.39 bits per heavy atom. The van der Waals surface area contributed by atoms with E-state index >= 15 is 0 Å². The van der Waals surface area contributed by atoms with E-state index in [0.717, 1.165) is 25.8 Å². The number of hydrazine groups is 1. The third-order valence-electron chi connectivity index (χ3n) is 2.16. The molecule has 1 aromatic heterocycles. The number of hydrogen-bond acceptors (Lipinski definition) is 5. The predicted molar refractivity (Wildman–Crippen MR) is 78.6 cm³/mol. The molecule has 4 nitrogen and oxygen atoms in total. The summed E-state index contributed by atoms with van der Waals surface area (Å²) in [5.74, 6) is 6.40. The lowest BCUT2D eigenvalue weighted by Gasteiger charge is -2.06. The van der Waals surface area contributed by atoms with Crippen molar-refractivity contribution in [2.24, 2.45) is 5.84 Å². The van der Waals surface area contributed by atoms with E-state index in [1.54, 1.807) is 18.0 Å². The molecule has 0 aliphatic rings. The van der Waals surface area contributed by atoms with Gasteiger partial charge in [-0.2, -0.15) is 0 Å². The molecule has 0 unspecified atom stereocenters. The first-order valence-corrected chi connectivity index (χ1v) is 7.21. The normalized spacial score (nSPS) is 10.4. The third kappa shape index (κ3) is 3.35. The van der Waals surface area contributed by atoms with Crippen LogP contribution >= 0.6 is 39.3 Å². The van der Waals surface area contributed by atoms with Crippen LogP contribution in [0.15, 0.2) is 40.0 Å². The zero-order valence-corrected chi connectivity index (χ0v) is 12.4. The lowest BCUT2D eigenvalue weighted by Crippen LogP contribution is -2.10. The maximum atomic E-state index is 6.10. The largest absolute Gasteiger partial charge is 0.292 e. The molecule has 0 spiro atoms. The van der Waals surface area contributed by atoms with Gasteiger partial charge < -0.3 is 0 Å². The molecule has 0 aliphatic carbocycles. The standard InChI is InChI=1S/C11H10BrClN4S/c12-8-5-15-11(17-14)16-10(8)18-6-7-3-1-2-4-9(7)13/h1-5H,6,14H2,(H,15,16,17). The van der Waals surface area contributed by atoms with Crippen LogP contribution in [0.25, 0.3) is 0 Å². The van der Waals surface area contributed by atoms with Gasteiger partial charge in [-0.05, 0) is 27.6 Å². The maximum Gasteiger partial charge on any atom is 0.238 e. The van der Waals surface area contributed by atoms with Crippen LogP contribution in [0.2, 0.25) is 5.02 Å². The number of halogens is 2. The summed E-state index contributed by atoms with van der Waals surface area (Å²) in [5, 5.41) is 1.57. The fraction of sp³-hybridized carbons (Fsp3) is 0.0909. The first-order valence-electron chi connectivity index (χ1n) is 5.06. The van der Waals surface area contributed by atoms with Crippen LogP contribution < -0.4 is 11.3 Å². The SMILES string of the molecule is NNc1ncc(Br)c(SCc2ccccc2Cl)n1. The van der Waals surface area contributed by atoms with Gasteiger partial charge in [0.1, 0.15) is 5.03 Å². The topological polar surface area (TPSA) is 63.8 Å². The van der Waals surface area contributed by atoms with Crippen LogP contribution in [-0.4, -0.2) is 9.97 Å². The Bertz CT molecular complexity index is 552. The van der Waals surface area contributed by atoms with E-state index in [1.807, 2.05) is 24.3 Å². The summed E-state index contributed by atoms with van der Waals surface area (Å²) in [7, 11) is 0. The summed E-state index contributed by atoms with van der Waals surface area (Å²) in [6.07, 6.45) is 1.66. The van der Waals surface area contributed by atoms with Crippen molar-refractivity contribution in [3.63, 3.8) is 0 Å². The fourth-order valence-electron chi connectivity index (χ4n) is 1.28. The van der Waals surface area contributed by atoms with Gasteiger partial charge in [-0.15, -0.1) is 11.8 Å². The molecule has 7 heteroatoms. The van der Waals surface area contributed by atoms with Crippen molar-refractivity contribution >= 4 is 45.2 Å². The number of rotatable bonds is 4. The van der Waals surface area contributed by atoms with Gasteiger partial charge in [-0.3, -0.25) is 5.43 Å². The molecule has 1 heterocycles. The number of hydrogen-bond donors (Lipinski definition) is 2. The van der Waals surface area contributed by atoms with Gasteiger partial charge >= 0.3 is 0 Å². The van der Waals surface area contributed by atoms with Crippen LogP contribution in [0, 0.1) is 0 Å². The first kappa shape index (κ1) is 13.6. The number of anilines is 1. The lowest BCUT2D eigenvalue weighted by atomic mass is 10.2. The highest BCUT2D eigenvalue weighted by molar-refractivity contribution is 9.10. The second-order valence-corrected chi connectivity index (χ2v) is 5.60. The second-order valence-electron chi connectivity index (χ2n) is 3.37. The average molecular weight is 346 g/mol. The molecule has 0 saturated heterocycles. The van der Waals surface area contributed by atoms with Gasteiger partial charge in [0, 0.05) is 17.0 Å². The molecular weight excluding hydrogens is 336 g/mol. The first-order chi connectivity index (χ1) is 8.70. The van der Waals surface area contributed by atoms with Crippen molar-refractivity contribution in [2.45, 2.75) is 10.8 Å². The van der Waals surface area contributed by atoms with Gasteiger partial charge in [0.2, 0.25) is 5.95 Å². The van der Waals surface area contributed by atoms with Crippen molar-refractivity contribution in [1.82, 2.24) is 9.97 Å². The van der Waals surface area contributed by atoms with Crippen LogP contribution in [0.5, 0.6) is 0 Å². The van der Waals surface area contributed by atoms with Crippen molar-refractivity contribution in [2.75, 3.05) is 5.43 Å². The van der Waals surface area contributed by atoms with E-state index in [2.05, 4.69) is 31.3 Å². The van der Waals surface area contributed by atoms with Gasteiger partial charge in [0.15, 0.2) is 0 Å². The molecule has 94 valence electrons. The molecule has 0 fully saturated rings. The molecule has 0 saturated carbocycles. The molecule has 0 atom stereocenters. The fourth-order valence-corrected chi connectivity index (χ4v) is 2.99. The molecule has 2 rings (SSSR count). The number of nitrogen functional groups attached to an aromatic ring is 1. The summed E-state index contributed by atoms with van der Waals surface area (Å²) >= 11 is 11.1. The minimum Gasteiger partial charge on any atom is -0.292 e. The number of nitrogens with zero attached hydrogens (tertiary/aromatic N) is 2. The zero-order valence-electron chi connectivity index (χ0n) is 9.23. The van der Waals surface area contributed by atoms with Gasteiger partial charge in [-0.1, -0.05) is 29.8 Å². The number of aromatic nitrogens is 2. The minimum absolute atomic E-state index is 0.389. The van der Waals surface area contributed by atoms with Crippen molar-refractivity contribution in [3.8, 4) is 0 Å². The summed E-state index contributed by atoms with van der Waals surface area (Å²) in [6.45, 7) is 0. The predicted octanol–water partition coefficient (Wildman–Crippen LogP) is 3.47. The van der Waals surface area contributed by atoms with Crippen molar-refractivity contribution < 1.29 is 0 Å². The summed E-state index contributed by atoms with van der Waals surface area (Å²) in [4.78, 5) is 8.26. The van der Waals surface area contributed by atoms with Gasteiger partial charge in [-0.25, -0.2) is 15.8 Å².